The number of carbonyl (C=O) groups excluding carboxylic acids is 1. The Morgan fingerprint density at radius 3 is 2.62 bits per heavy atom. The summed E-state index contributed by atoms with van der Waals surface area (Å²) in [6.07, 6.45) is 2.00. The van der Waals surface area contributed by atoms with Crippen molar-refractivity contribution >= 4 is 11.7 Å². The number of hydrogen-bond donors (Lipinski definition) is 3. The second-order valence-electron chi connectivity index (χ2n) is 6.47. The number of anilines is 1. The number of benzene rings is 1. The van der Waals surface area contributed by atoms with Gasteiger partial charge in [-0.2, -0.15) is 10.5 Å². The summed E-state index contributed by atoms with van der Waals surface area (Å²) in [5.41, 5.74) is 5.50. The van der Waals surface area contributed by atoms with E-state index in [2.05, 4.69) is 10.3 Å². The van der Waals surface area contributed by atoms with Gasteiger partial charge in [0.2, 0.25) is 0 Å². The molecule has 29 heavy (non-hydrogen) atoms. The summed E-state index contributed by atoms with van der Waals surface area (Å²) in [5.74, 6) is 0.0658. The predicted molar refractivity (Wildman–Crippen MR) is 104 cm³/mol. The van der Waals surface area contributed by atoms with Gasteiger partial charge in [-0.1, -0.05) is 12.1 Å². The van der Waals surface area contributed by atoms with Crippen molar-refractivity contribution in [1.29, 1.82) is 10.5 Å². The highest BCUT2D eigenvalue weighted by molar-refractivity contribution is 5.80. The summed E-state index contributed by atoms with van der Waals surface area (Å²) in [7, 11) is 0. The lowest BCUT2D eigenvalue weighted by atomic mass is 9.97. The number of carbonyl (C=O) groups is 1. The van der Waals surface area contributed by atoms with Crippen molar-refractivity contribution in [3.8, 4) is 29.0 Å². The van der Waals surface area contributed by atoms with Crippen LogP contribution in [0.5, 0.6) is 5.75 Å². The SMILES string of the molecule is N#Cc1c(N)[nH]c(=O)c(C#N)c1-c1ccc(OCC(=O)NCC2CCCO2)cc1. The quantitative estimate of drug-likeness (QED) is 0.662. The highest BCUT2D eigenvalue weighted by atomic mass is 16.5. The van der Waals surface area contributed by atoms with E-state index in [4.69, 9.17) is 15.2 Å². The second-order valence-corrected chi connectivity index (χ2v) is 6.47. The number of H-pyrrole nitrogens is 1. The van der Waals surface area contributed by atoms with Crippen molar-refractivity contribution in [2.75, 3.05) is 25.5 Å². The molecule has 0 bridgehead atoms. The molecule has 1 amide bonds. The number of nitrogen functional groups attached to an aromatic ring is 1. The summed E-state index contributed by atoms with van der Waals surface area (Å²) in [6.45, 7) is 1.03. The van der Waals surface area contributed by atoms with Crippen molar-refractivity contribution < 1.29 is 14.3 Å². The van der Waals surface area contributed by atoms with Crippen LogP contribution in [0.25, 0.3) is 11.1 Å². The first kappa shape index (κ1) is 19.9. The number of nitrogens with zero attached hydrogens (tertiary/aromatic N) is 2. The first-order chi connectivity index (χ1) is 14.0. The molecule has 2 aromatic rings. The van der Waals surface area contributed by atoms with Gasteiger partial charge in [0.25, 0.3) is 11.5 Å². The van der Waals surface area contributed by atoms with E-state index in [0.29, 0.717) is 17.9 Å². The minimum absolute atomic E-state index is 0.0170. The first-order valence-corrected chi connectivity index (χ1v) is 9.01. The largest absolute Gasteiger partial charge is 0.484 e. The van der Waals surface area contributed by atoms with Gasteiger partial charge in [-0.05, 0) is 30.5 Å². The Morgan fingerprint density at radius 2 is 2.00 bits per heavy atom. The van der Waals surface area contributed by atoms with Crippen molar-refractivity contribution in [3.63, 3.8) is 0 Å². The fraction of sp³-hybridized carbons (Fsp3) is 0.300. The van der Waals surface area contributed by atoms with E-state index in [9.17, 15) is 20.1 Å². The van der Waals surface area contributed by atoms with Gasteiger partial charge < -0.3 is 25.5 Å². The summed E-state index contributed by atoms with van der Waals surface area (Å²) < 4.78 is 10.9. The maximum Gasteiger partial charge on any atom is 0.268 e. The third-order valence-electron chi connectivity index (χ3n) is 4.53. The van der Waals surface area contributed by atoms with E-state index < -0.39 is 5.56 Å². The molecule has 1 fully saturated rings. The number of amides is 1. The predicted octanol–water partition coefficient (Wildman–Crippen LogP) is 1.04. The monoisotopic (exact) mass is 393 g/mol. The van der Waals surface area contributed by atoms with E-state index in [-0.39, 0.29) is 41.1 Å². The van der Waals surface area contributed by atoms with Crippen LogP contribution < -0.4 is 21.3 Å². The average molecular weight is 393 g/mol. The zero-order valence-electron chi connectivity index (χ0n) is 15.5. The Bertz CT molecular complexity index is 1040. The third kappa shape index (κ3) is 4.54. The number of pyridine rings is 1. The highest BCUT2D eigenvalue weighted by Crippen LogP contribution is 2.29. The van der Waals surface area contributed by atoms with Crippen molar-refractivity contribution in [2.24, 2.45) is 0 Å². The summed E-state index contributed by atoms with van der Waals surface area (Å²) in [5, 5.41) is 21.4. The molecule has 3 rings (SSSR count). The second kappa shape index (κ2) is 8.91. The van der Waals surface area contributed by atoms with Crippen LogP contribution in [0.1, 0.15) is 24.0 Å². The maximum absolute atomic E-state index is 12.0. The topological polar surface area (TPSA) is 154 Å². The number of nitrogens with one attached hydrogen (secondary N) is 2. The molecule has 1 atom stereocenters. The van der Waals surface area contributed by atoms with E-state index in [1.54, 1.807) is 24.3 Å². The number of aromatic nitrogens is 1. The van der Waals surface area contributed by atoms with Crippen LogP contribution in [0.3, 0.4) is 0 Å². The summed E-state index contributed by atoms with van der Waals surface area (Å²) >= 11 is 0. The Hall–Kier alpha value is -3.82. The number of nitrogens with two attached hydrogens (primary N) is 1. The van der Waals surface area contributed by atoms with Gasteiger partial charge in [-0.15, -0.1) is 0 Å². The first-order valence-electron chi connectivity index (χ1n) is 9.01. The van der Waals surface area contributed by atoms with Crippen LogP contribution in [0.4, 0.5) is 5.82 Å². The molecular weight excluding hydrogens is 374 g/mol. The van der Waals surface area contributed by atoms with E-state index in [1.165, 1.54) is 0 Å². The molecule has 2 heterocycles. The number of rotatable bonds is 6. The molecule has 0 aliphatic carbocycles. The van der Waals surface area contributed by atoms with Gasteiger partial charge >= 0.3 is 0 Å². The minimum atomic E-state index is -0.665. The number of hydrogen-bond acceptors (Lipinski definition) is 7. The lowest BCUT2D eigenvalue weighted by molar-refractivity contribution is -0.123. The summed E-state index contributed by atoms with van der Waals surface area (Å²) in [4.78, 5) is 26.2. The lowest BCUT2D eigenvalue weighted by Gasteiger charge is -2.12. The van der Waals surface area contributed by atoms with Gasteiger partial charge in [0.05, 0.1) is 6.10 Å². The molecule has 0 radical (unpaired) electrons. The highest BCUT2D eigenvalue weighted by Gasteiger charge is 2.18. The maximum atomic E-state index is 12.0. The molecule has 1 saturated heterocycles. The molecular formula is C20H19N5O4. The minimum Gasteiger partial charge on any atom is -0.484 e. The van der Waals surface area contributed by atoms with Crippen molar-refractivity contribution in [3.05, 3.63) is 45.7 Å². The van der Waals surface area contributed by atoms with E-state index >= 15 is 0 Å². The molecule has 0 saturated carbocycles. The smallest absolute Gasteiger partial charge is 0.268 e. The number of ether oxygens (including phenoxy) is 2. The fourth-order valence-electron chi connectivity index (χ4n) is 3.08. The molecule has 148 valence electrons. The standard InChI is InChI=1S/C20H19N5O4/c21-8-15-18(16(9-22)20(27)25-19(15)23)12-3-5-13(6-4-12)29-11-17(26)24-10-14-2-1-7-28-14/h3-6,14H,1-2,7,10-11H2,(H,24,26)(H3,23,25,27). The van der Waals surface area contributed by atoms with Crippen molar-refractivity contribution in [1.82, 2.24) is 10.3 Å². The summed E-state index contributed by atoms with van der Waals surface area (Å²) in [6, 6.07) is 10.1. The molecule has 9 heteroatoms. The molecule has 4 N–H and O–H groups in total. The van der Waals surface area contributed by atoms with Crippen LogP contribution in [-0.4, -0.2) is 36.8 Å². The lowest BCUT2D eigenvalue weighted by Crippen LogP contribution is -2.35. The van der Waals surface area contributed by atoms with Crippen LogP contribution in [0, 0.1) is 22.7 Å². The van der Waals surface area contributed by atoms with E-state index in [0.717, 1.165) is 19.4 Å². The zero-order chi connectivity index (χ0) is 20.8. The molecule has 0 spiro atoms. The third-order valence-corrected chi connectivity index (χ3v) is 4.53. The Morgan fingerprint density at radius 1 is 1.28 bits per heavy atom. The van der Waals surface area contributed by atoms with Crippen LogP contribution in [0.2, 0.25) is 0 Å². The Kier molecular flexibility index (Phi) is 6.12. The van der Waals surface area contributed by atoms with Crippen LogP contribution in [0.15, 0.2) is 29.1 Å². The van der Waals surface area contributed by atoms with Gasteiger partial charge in [-0.25, -0.2) is 0 Å². The number of nitriles is 2. The van der Waals surface area contributed by atoms with E-state index in [1.807, 2.05) is 12.1 Å². The molecule has 1 aliphatic rings. The van der Waals surface area contributed by atoms with Crippen molar-refractivity contribution in [2.45, 2.75) is 18.9 Å². The Balaban J connectivity index is 1.69. The fourth-order valence-corrected chi connectivity index (χ4v) is 3.08. The molecule has 1 unspecified atom stereocenters. The zero-order valence-corrected chi connectivity index (χ0v) is 15.5. The van der Waals surface area contributed by atoms with Crippen LogP contribution in [-0.2, 0) is 9.53 Å². The molecule has 1 aromatic heterocycles. The van der Waals surface area contributed by atoms with Gasteiger partial charge in [0.1, 0.15) is 34.8 Å². The normalized spacial score (nSPS) is 15.3. The van der Waals surface area contributed by atoms with Gasteiger partial charge in [0.15, 0.2) is 6.61 Å². The molecule has 9 nitrogen and oxygen atoms in total. The van der Waals surface area contributed by atoms with Gasteiger partial charge in [0, 0.05) is 18.7 Å². The van der Waals surface area contributed by atoms with Crippen LogP contribution >= 0.6 is 0 Å². The average Bonchev–Trinajstić information content (AvgIpc) is 3.24. The molecule has 1 aliphatic heterocycles. The number of aromatic amines is 1. The molecule has 1 aromatic carbocycles. The Labute approximate surface area is 166 Å². The van der Waals surface area contributed by atoms with Gasteiger partial charge in [-0.3, -0.25) is 9.59 Å².